The molecule has 0 amide bonds. The predicted molar refractivity (Wildman–Crippen MR) is 224 cm³/mol. The van der Waals surface area contributed by atoms with Crippen molar-refractivity contribution in [2.45, 2.75) is 6.92 Å². The van der Waals surface area contributed by atoms with E-state index in [2.05, 4.69) is 139 Å². The number of thiophene rings is 2. The maximum absolute atomic E-state index is 6.56. The summed E-state index contributed by atoms with van der Waals surface area (Å²) >= 11 is 3.57. The number of benzene rings is 7. The largest absolute Gasteiger partial charge is 0.457 e. The molecule has 0 N–H and O–H groups in total. The van der Waals surface area contributed by atoms with E-state index in [-0.39, 0.29) is 0 Å². The highest BCUT2D eigenvalue weighted by molar-refractivity contribution is 7.26. The highest BCUT2D eigenvalue weighted by Gasteiger charge is 2.23. The van der Waals surface area contributed by atoms with Crippen LogP contribution < -0.4 is 4.74 Å². The average Bonchev–Trinajstić information content (AvgIpc) is 3.88. The van der Waals surface area contributed by atoms with Gasteiger partial charge in [-0.1, -0.05) is 97.1 Å². The second-order valence-corrected chi connectivity index (χ2v) is 15.5. The lowest BCUT2D eigenvalue weighted by molar-refractivity contribution is 0.484. The third-order valence-electron chi connectivity index (χ3n) is 10.3. The van der Waals surface area contributed by atoms with Gasteiger partial charge in [0.1, 0.15) is 16.3 Å². The van der Waals surface area contributed by atoms with Crippen LogP contribution in [0.25, 0.3) is 90.6 Å². The first-order valence-electron chi connectivity index (χ1n) is 17.7. The molecule has 0 saturated heterocycles. The molecule has 0 aliphatic rings. The van der Waals surface area contributed by atoms with E-state index in [0.29, 0.717) is 5.95 Å². The van der Waals surface area contributed by atoms with E-state index < -0.39 is 0 Å². The van der Waals surface area contributed by atoms with Gasteiger partial charge in [0.2, 0.25) is 5.95 Å². The average molecular weight is 716 g/mol. The molecule has 0 fully saturated rings. The van der Waals surface area contributed by atoms with Crippen molar-refractivity contribution in [2.75, 3.05) is 0 Å². The van der Waals surface area contributed by atoms with Crippen LogP contribution in [0.5, 0.6) is 11.5 Å². The molecular formula is C47H29N3OS2. The third kappa shape index (κ3) is 4.73. The normalized spacial score (nSPS) is 11.9. The summed E-state index contributed by atoms with van der Waals surface area (Å²) in [7, 11) is 0. The Labute approximate surface area is 312 Å². The van der Waals surface area contributed by atoms with Crippen LogP contribution in [0.4, 0.5) is 0 Å². The predicted octanol–water partition coefficient (Wildman–Crippen LogP) is 13.7. The van der Waals surface area contributed by atoms with E-state index in [4.69, 9.17) is 14.7 Å². The summed E-state index contributed by atoms with van der Waals surface area (Å²) in [5.41, 5.74) is 7.40. The SMILES string of the molecule is Cc1ccccc1-c1cc(-c2nc(-n3c4ccccc4c4c5c(ccc43)sc3ccccc35)nc3sc4ccccc4c23)ccc1Oc1ccccc1. The molecule has 0 aliphatic heterocycles. The molecule has 11 aromatic rings. The summed E-state index contributed by atoms with van der Waals surface area (Å²) in [6.07, 6.45) is 0. The number of hydrogen-bond acceptors (Lipinski definition) is 5. The van der Waals surface area contributed by atoms with Crippen molar-refractivity contribution >= 4 is 85.0 Å². The lowest BCUT2D eigenvalue weighted by atomic mass is 9.96. The van der Waals surface area contributed by atoms with Gasteiger partial charge in [-0.2, -0.15) is 0 Å². The maximum Gasteiger partial charge on any atom is 0.236 e. The summed E-state index contributed by atoms with van der Waals surface area (Å²) in [6, 6.07) is 55.4. The van der Waals surface area contributed by atoms with E-state index in [1.54, 1.807) is 11.3 Å². The standard InChI is InChI=1S/C47H29N3OS2/c1-28-13-5-6-16-31(28)35-27-29(23-25-38(35)51-30-14-3-2-4-15-30)45-44-34-19-9-12-22-40(34)53-46(44)49-47(48-45)50-36-20-10-7-17-32(36)42-37(50)24-26-41-43(42)33-18-8-11-21-39(33)52-41/h2-27H,1H3. The fraction of sp³-hybridized carbons (Fsp3) is 0.0213. The van der Waals surface area contributed by atoms with Gasteiger partial charge in [0, 0.05) is 57.5 Å². The van der Waals surface area contributed by atoms with Gasteiger partial charge in [-0.3, -0.25) is 4.57 Å². The van der Waals surface area contributed by atoms with Crippen LogP contribution in [-0.4, -0.2) is 14.5 Å². The Kier molecular flexibility index (Phi) is 6.78. The molecule has 0 radical (unpaired) electrons. The van der Waals surface area contributed by atoms with Crippen LogP contribution in [0.1, 0.15) is 5.56 Å². The van der Waals surface area contributed by atoms with E-state index in [0.717, 1.165) is 60.5 Å². The van der Waals surface area contributed by atoms with Gasteiger partial charge in [0.05, 0.1) is 16.7 Å². The minimum atomic E-state index is 0.659. The monoisotopic (exact) mass is 715 g/mol. The van der Waals surface area contributed by atoms with E-state index in [1.807, 2.05) is 41.7 Å². The van der Waals surface area contributed by atoms with Gasteiger partial charge in [-0.05, 0) is 78.7 Å². The Hall–Kier alpha value is -6.34. The number of nitrogens with zero attached hydrogens (tertiary/aromatic N) is 3. The van der Waals surface area contributed by atoms with Crippen LogP contribution in [0, 0.1) is 6.92 Å². The minimum absolute atomic E-state index is 0.659. The summed E-state index contributed by atoms with van der Waals surface area (Å²) in [4.78, 5) is 11.9. The molecule has 4 heterocycles. The first kappa shape index (κ1) is 30.3. The second kappa shape index (κ2) is 11.9. The molecule has 6 heteroatoms. The van der Waals surface area contributed by atoms with Crippen molar-refractivity contribution in [3.63, 3.8) is 0 Å². The van der Waals surface area contributed by atoms with Gasteiger partial charge in [0.15, 0.2) is 0 Å². The zero-order valence-electron chi connectivity index (χ0n) is 28.6. The highest BCUT2D eigenvalue weighted by atomic mass is 32.1. The van der Waals surface area contributed by atoms with Gasteiger partial charge < -0.3 is 4.74 Å². The zero-order valence-corrected chi connectivity index (χ0v) is 30.2. The fourth-order valence-electron chi connectivity index (χ4n) is 7.88. The number of fused-ring (bicyclic) bond motifs is 10. The number of rotatable bonds is 5. The van der Waals surface area contributed by atoms with Crippen LogP contribution in [0.2, 0.25) is 0 Å². The molecule has 0 bridgehead atoms. The lowest BCUT2D eigenvalue weighted by Gasteiger charge is -2.16. The molecule has 0 aliphatic carbocycles. The summed E-state index contributed by atoms with van der Waals surface area (Å²) < 4.78 is 12.6. The van der Waals surface area contributed by atoms with E-state index in [9.17, 15) is 0 Å². The van der Waals surface area contributed by atoms with Crippen molar-refractivity contribution in [1.29, 1.82) is 0 Å². The number of aryl methyl sites for hydroxylation is 1. The molecule has 0 unspecified atom stereocenters. The van der Waals surface area contributed by atoms with E-state index >= 15 is 0 Å². The zero-order chi connectivity index (χ0) is 35.0. The van der Waals surface area contributed by atoms with Crippen molar-refractivity contribution < 1.29 is 4.74 Å². The Morgan fingerprint density at radius 3 is 2.04 bits per heavy atom. The molecule has 11 rings (SSSR count). The number of aromatic nitrogens is 3. The quantitative estimate of drug-likeness (QED) is 0.178. The Morgan fingerprint density at radius 2 is 1.21 bits per heavy atom. The molecule has 0 spiro atoms. The summed E-state index contributed by atoms with van der Waals surface area (Å²) in [5.74, 6) is 2.25. The Bertz CT molecular complexity index is 3230. The van der Waals surface area contributed by atoms with Gasteiger partial charge in [0.25, 0.3) is 0 Å². The molecule has 0 atom stereocenters. The van der Waals surface area contributed by atoms with Crippen LogP contribution in [0.3, 0.4) is 0 Å². The second-order valence-electron chi connectivity index (χ2n) is 13.4. The fourth-order valence-corrected chi connectivity index (χ4v) is 10.1. The first-order valence-corrected chi connectivity index (χ1v) is 19.3. The van der Waals surface area contributed by atoms with Crippen LogP contribution >= 0.6 is 22.7 Å². The van der Waals surface area contributed by atoms with Crippen LogP contribution in [-0.2, 0) is 0 Å². The molecule has 7 aromatic carbocycles. The topological polar surface area (TPSA) is 39.9 Å². The van der Waals surface area contributed by atoms with Crippen LogP contribution in [0.15, 0.2) is 158 Å². The van der Waals surface area contributed by atoms with Crippen molar-refractivity contribution in [3.05, 3.63) is 163 Å². The first-order chi connectivity index (χ1) is 26.2. The molecule has 53 heavy (non-hydrogen) atoms. The molecule has 0 saturated carbocycles. The van der Waals surface area contributed by atoms with Crippen molar-refractivity contribution in [3.8, 4) is 39.8 Å². The summed E-state index contributed by atoms with van der Waals surface area (Å²) in [6.45, 7) is 2.15. The molecule has 250 valence electrons. The van der Waals surface area contributed by atoms with Gasteiger partial charge >= 0.3 is 0 Å². The maximum atomic E-state index is 6.56. The van der Waals surface area contributed by atoms with Gasteiger partial charge in [-0.15, -0.1) is 22.7 Å². The van der Waals surface area contributed by atoms with Crippen molar-refractivity contribution in [1.82, 2.24) is 14.5 Å². The Balaban J connectivity index is 1.21. The molecule has 4 nitrogen and oxygen atoms in total. The number of hydrogen-bond donors (Lipinski definition) is 0. The molecular weight excluding hydrogens is 687 g/mol. The smallest absolute Gasteiger partial charge is 0.236 e. The van der Waals surface area contributed by atoms with Gasteiger partial charge in [-0.25, -0.2) is 9.97 Å². The number of ether oxygens (including phenoxy) is 1. The summed E-state index contributed by atoms with van der Waals surface area (Å²) in [5, 5.41) is 7.23. The minimum Gasteiger partial charge on any atom is -0.457 e. The van der Waals surface area contributed by atoms with Crippen molar-refractivity contribution in [2.24, 2.45) is 0 Å². The third-order valence-corrected chi connectivity index (χ3v) is 12.5. The lowest BCUT2D eigenvalue weighted by Crippen LogP contribution is -2.03. The highest BCUT2D eigenvalue weighted by Crippen LogP contribution is 2.45. The molecule has 4 aromatic heterocycles. The Morgan fingerprint density at radius 1 is 0.509 bits per heavy atom. The number of para-hydroxylation sites is 2. The van der Waals surface area contributed by atoms with E-state index in [1.165, 1.54) is 41.2 Å².